The first-order valence-electron chi connectivity index (χ1n) is 8.10. The number of aryl methyl sites for hydroxylation is 1. The molecule has 21 heavy (non-hydrogen) atoms. The van der Waals surface area contributed by atoms with Gasteiger partial charge in [-0.3, -0.25) is 0 Å². The number of anilines is 1. The van der Waals surface area contributed by atoms with Crippen molar-refractivity contribution in [2.75, 3.05) is 11.9 Å². The summed E-state index contributed by atoms with van der Waals surface area (Å²) in [5.74, 6) is 0.951. The Bertz CT molecular complexity index is 455. The summed E-state index contributed by atoms with van der Waals surface area (Å²) in [5.41, 5.74) is 2.22. The second-order valence-corrected chi connectivity index (χ2v) is 6.27. The van der Waals surface area contributed by atoms with Gasteiger partial charge in [-0.15, -0.1) is 0 Å². The first kappa shape index (κ1) is 15.9. The van der Waals surface area contributed by atoms with Crippen LogP contribution >= 0.6 is 0 Å². The van der Waals surface area contributed by atoms with Gasteiger partial charge in [0, 0.05) is 5.69 Å². The maximum absolute atomic E-state index is 12.3. The Morgan fingerprint density at radius 1 is 1.33 bits per heavy atom. The van der Waals surface area contributed by atoms with Crippen LogP contribution in [-0.2, 0) is 9.53 Å². The number of ether oxygens (including phenoxy) is 1. The van der Waals surface area contributed by atoms with Gasteiger partial charge in [-0.05, 0) is 50.7 Å². The Hall–Kier alpha value is -1.51. The second kappa shape index (κ2) is 7.48. The first-order chi connectivity index (χ1) is 10.1. The van der Waals surface area contributed by atoms with Crippen LogP contribution in [0.1, 0.15) is 45.1 Å². The summed E-state index contributed by atoms with van der Waals surface area (Å²) in [4.78, 5) is 12.3. The van der Waals surface area contributed by atoms with E-state index in [2.05, 4.69) is 31.3 Å². The third-order valence-corrected chi connectivity index (χ3v) is 4.36. The lowest BCUT2D eigenvalue weighted by Crippen LogP contribution is -2.40. The van der Waals surface area contributed by atoms with E-state index >= 15 is 0 Å². The summed E-state index contributed by atoms with van der Waals surface area (Å²) in [7, 11) is 0. The largest absolute Gasteiger partial charge is 0.464 e. The van der Waals surface area contributed by atoms with E-state index in [1.54, 1.807) is 0 Å². The first-order valence-corrected chi connectivity index (χ1v) is 8.10. The van der Waals surface area contributed by atoms with Gasteiger partial charge in [0.1, 0.15) is 6.04 Å². The SMILES string of the molecule is CCOC(=O)C(Nc1ccc(C)cc1)C1CCCC(C)C1. The topological polar surface area (TPSA) is 38.3 Å². The lowest BCUT2D eigenvalue weighted by atomic mass is 9.78. The average Bonchev–Trinajstić information content (AvgIpc) is 2.47. The Labute approximate surface area is 128 Å². The standard InChI is InChI=1S/C18H27NO2/c1-4-21-18(20)17(15-7-5-6-14(3)12-15)19-16-10-8-13(2)9-11-16/h8-11,14-15,17,19H,4-7,12H2,1-3H3. The number of carbonyl (C=O) groups is 1. The van der Waals surface area contributed by atoms with Crippen molar-refractivity contribution < 1.29 is 9.53 Å². The highest BCUT2D eigenvalue weighted by atomic mass is 16.5. The molecule has 1 fully saturated rings. The molecule has 3 nitrogen and oxygen atoms in total. The van der Waals surface area contributed by atoms with Crippen LogP contribution in [0.3, 0.4) is 0 Å². The molecule has 0 spiro atoms. The van der Waals surface area contributed by atoms with Gasteiger partial charge in [0.25, 0.3) is 0 Å². The van der Waals surface area contributed by atoms with E-state index in [4.69, 9.17) is 4.74 Å². The number of hydrogen-bond donors (Lipinski definition) is 1. The van der Waals surface area contributed by atoms with Gasteiger partial charge in [-0.1, -0.05) is 37.5 Å². The fourth-order valence-corrected chi connectivity index (χ4v) is 3.21. The van der Waals surface area contributed by atoms with Gasteiger partial charge in [0.2, 0.25) is 0 Å². The molecular weight excluding hydrogens is 262 g/mol. The molecule has 116 valence electrons. The summed E-state index contributed by atoms with van der Waals surface area (Å²) in [6, 6.07) is 7.97. The molecule has 1 aromatic carbocycles. The van der Waals surface area contributed by atoms with E-state index in [-0.39, 0.29) is 12.0 Å². The number of nitrogens with one attached hydrogen (secondary N) is 1. The Morgan fingerprint density at radius 3 is 2.67 bits per heavy atom. The van der Waals surface area contributed by atoms with Gasteiger partial charge in [0.15, 0.2) is 0 Å². The normalized spacial score (nSPS) is 23.4. The van der Waals surface area contributed by atoms with Crippen LogP contribution < -0.4 is 5.32 Å². The molecule has 3 unspecified atom stereocenters. The van der Waals surface area contributed by atoms with Gasteiger partial charge in [-0.2, -0.15) is 0 Å². The molecule has 3 heteroatoms. The monoisotopic (exact) mass is 289 g/mol. The zero-order chi connectivity index (χ0) is 15.2. The van der Waals surface area contributed by atoms with Crippen molar-refractivity contribution in [1.29, 1.82) is 0 Å². The summed E-state index contributed by atoms with van der Waals surface area (Å²) in [5, 5.41) is 3.41. The third kappa shape index (κ3) is 4.48. The van der Waals surface area contributed by atoms with Crippen molar-refractivity contribution in [2.24, 2.45) is 11.8 Å². The molecule has 0 bridgehead atoms. The number of rotatable bonds is 5. The molecule has 1 N–H and O–H groups in total. The van der Waals surface area contributed by atoms with Crippen LogP contribution in [0, 0.1) is 18.8 Å². The summed E-state index contributed by atoms with van der Waals surface area (Å²) in [6.45, 7) is 6.65. The van der Waals surface area contributed by atoms with E-state index in [1.807, 2.05) is 19.1 Å². The van der Waals surface area contributed by atoms with Crippen LogP contribution in [0.2, 0.25) is 0 Å². The van der Waals surface area contributed by atoms with E-state index in [0.717, 1.165) is 18.5 Å². The quantitative estimate of drug-likeness (QED) is 0.827. The summed E-state index contributed by atoms with van der Waals surface area (Å²) >= 11 is 0. The van der Waals surface area contributed by atoms with Gasteiger partial charge in [-0.25, -0.2) is 4.79 Å². The number of hydrogen-bond acceptors (Lipinski definition) is 3. The molecule has 1 saturated carbocycles. The van der Waals surface area contributed by atoms with Crippen molar-refractivity contribution in [2.45, 2.75) is 52.5 Å². The van der Waals surface area contributed by atoms with E-state index < -0.39 is 0 Å². The maximum Gasteiger partial charge on any atom is 0.328 e. The zero-order valence-electron chi connectivity index (χ0n) is 13.4. The molecule has 0 radical (unpaired) electrons. The predicted octanol–water partition coefficient (Wildman–Crippen LogP) is 4.16. The highest BCUT2D eigenvalue weighted by molar-refractivity contribution is 5.79. The van der Waals surface area contributed by atoms with E-state index in [0.29, 0.717) is 18.4 Å². The van der Waals surface area contributed by atoms with Crippen molar-refractivity contribution in [3.63, 3.8) is 0 Å². The molecule has 1 aliphatic rings. The number of benzene rings is 1. The Balaban J connectivity index is 2.11. The van der Waals surface area contributed by atoms with Crippen LogP contribution in [0.5, 0.6) is 0 Å². The molecule has 0 aromatic heterocycles. The second-order valence-electron chi connectivity index (χ2n) is 6.27. The molecular formula is C18H27NO2. The van der Waals surface area contributed by atoms with Crippen molar-refractivity contribution in [3.8, 4) is 0 Å². The molecule has 0 amide bonds. The number of carbonyl (C=O) groups excluding carboxylic acids is 1. The van der Waals surface area contributed by atoms with Crippen LogP contribution in [0.25, 0.3) is 0 Å². The summed E-state index contributed by atoms with van der Waals surface area (Å²) in [6.07, 6.45) is 4.68. The van der Waals surface area contributed by atoms with Gasteiger partial charge >= 0.3 is 5.97 Å². The average molecular weight is 289 g/mol. The minimum Gasteiger partial charge on any atom is -0.464 e. The maximum atomic E-state index is 12.3. The smallest absolute Gasteiger partial charge is 0.328 e. The molecule has 0 aliphatic heterocycles. The van der Waals surface area contributed by atoms with Crippen molar-refractivity contribution in [1.82, 2.24) is 0 Å². The minimum atomic E-state index is -0.226. The molecule has 0 heterocycles. The Morgan fingerprint density at radius 2 is 2.05 bits per heavy atom. The van der Waals surface area contributed by atoms with Crippen molar-refractivity contribution in [3.05, 3.63) is 29.8 Å². The third-order valence-electron chi connectivity index (χ3n) is 4.36. The molecule has 1 aromatic rings. The van der Waals surface area contributed by atoms with Crippen LogP contribution in [0.15, 0.2) is 24.3 Å². The molecule has 3 atom stereocenters. The minimum absolute atomic E-state index is 0.114. The number of esters is 1. The van der Waals surface area contributed by atoms with Gasteiger partial charge < -0.3 is 10.1 Å². The van der Waals surface area contributed by atoms with Crippen LogP contribution in [0.4, 0.5) is 5.69 Å². The fraction of sp³-hybridized carbons (Fsp3) is 0.611. The van der Waals surface area contributed by atoms with Crippen molar-refractivity contribution >= 4 is 11.7 Å². The molecule has 0 saturated heterocycles. The predicted molar refractivity (Wildman–Crippen MR) is 86.3 cm³/mol. The molecule has 2 rings (SSSR count). The van der Waals surface area contributed by atoms with Gasteiger partial charge in [0.05, 0.1) is 6.61 Å². The summed E-state index contributed by atoms with van der Waals surface area (Å²) < 4.78 is 5.29. The highest BCUT2D eigenvalue weighted by Crippen LogP contribution is 2.32. The highest BCUT2D eigenvalue weighted by Gasteiger charge is 2.32. The lowest BCUT2D eigenvalue weighted by molar-refractivity contribution is -0.145. The zero-order valence-corrected chi connectivity index (χ0v) is 13.4. The molecule has 1 aliphatic carbocycles. The van der Waals surface area contributed by atoms with E-state index in [1.165, 1.54) is 18.4 Å². The Kier molecular flexibility index (Phi) is 5.66. The van der Waals surface area contributed by atoms with E-state index in [9.17, 15) is 4.79 Å². The fourth-order valence-electron chi connectivity index (χ4n) is 3.21. The lowest BCUT2D eigenvalue weighted by Gasteiger charge is -2.32. The van der Waals surface area contributed by atoms with Crippen LogP contribution in [-0.4, -0.2) is 18.6 Å².